The average Bonchev–Trinajstić information content (AvgIpc) is 2.72. The Balaban J connectivity index is 0.000000295. The Hall–Kier alpha value is -1.35. The average molecular weight is 355 g/mol. The summed E-state index contributed by atoms with van der Waals surface area (Å²) in [6, 6.07) is 0. The monoisotopic (exact) mass is 355 g/mol. The van der Waals surface area contributed by atoms with E-state index < -0.39 is 7.81 Å². The molecule has 1 aromatic heterocycles. The van der Waals surface area contributed by atoms with Crippen LogP contribution in [0.15, 0.2) is 18.7 Å². The van der Waals surface area contributed by atoms with Crippen LogP contribution in [0.1, 0.15) is 0 Å². The molecule has 1 aliphatic rings. The number of ether oxygens (including phenoxy) is 1. The van der Waals surface area contributed by atoms with Crippen molar-refractivity contribution < 1.29 is 39.3 Å². The predicted molar refractivity (Wildman–Crippen MR) is 66.6 cm³/mol. The van der Waals surface area contributed by atoms with E-state index in [2.05, 4.69) is 0 Å². The van der Waals surface area contributed by atoms with Crippen molar-refractivity contribution in [2.45, 2.75) is 6.54 Å². The normalized spacial score (nSPS) is 18.8. The van der Waals surface area contributed by atoms with E-state index in [1.54, 1.807) is 0 Å². The van der Waals surface area contributed by atoms with E-state index in [1.165, 1.54) is 0 Å². The number of carbonyl (C=O) groups excluding carboxylic acids is 1. The molecule has 1 fully saturated rings. The fourth-order valence-corrected chi connectivity index (χ4v) is 1.66. The van der Waals surface area contributed by atoms with Gasteiger partial charge in [-0.25, -0.2) is 9.13 Å². The van der Waals surface area contributed by atoms with Gasteiger partial charge in [-0.2, -0.15) is 0 Å². The Morgan fingerprint density at radius 3 is 2.09 bits per heavy atom. The molecule has 1 aromatic rings. The summed E-state index contributed by atoms with van der Waals surface area (Å²) in [6.07, 6.45) is 5.73. The second-order valence-electron chi connectivity index (χ2n) is 4.70. The molecule has 130 valence electrons. The zero-order chi connectivity index (χ0) is 17.1. The molecule has 0 atom stereocenters. The van der Waals surface area contributed by atoms with Gasteiger partial charge in [0, 0.05) is 13.1 Å². The van der Waals surface area contributed by atoms with Gasteiger partial charge < -0.3 is 9.64 Å². The molecule has 0 spiro atoms. The standard InChI is InChI=1S/C10H16N3O2.F6P/c1-11-2-3-12(9-11)8-10(14)13-4-6-15-7-5-13;1-7(2,3,4,5)6/h2-3,9H,4-8H2,1H3;/q+1;-1. The van der Waals surface area contributed by atoms with Crippen LogP contribution in [0.3, 0.4) is 0 Å². The molecule has 0 bridgehead atoms. The first-order chi connectivity index (χ1) is 9.70. The van der Waals surface area contributed by atoms with Crippen molar-refractivity contribution in [3.63, 3.8) is 0 Å². The Labute approximate surface area is 122 Å². The molecule has 22 heavy (non-hydrogen) atoms. The first-order valence-corrected chi connectivity index (χ1v) is 8.16. The topological polar surface area (TPSA) is 38.3 Å². The summed E-state index contributed by atoms with van der Waals surface area (Å²) in [5, 5.41) is 0. The molecule has 0 radical (unpaired) electrons. The van der Waals surface area contributed by atoms with Crippen LogP contribution in [0, 0.1) is 0 Å². The van der Waals surface area contributed by atoms with Crippen molar-refractivity contribution >= 4 is 13.7 Å². The Bertz CT molecular complexity index is 512. The number of hydrogen-bond acceptors (Lipinski definition) is 2. The van der Waals surface area contributed by atoms with Gasteiger partial charge in [0.2, 0.25) is 6.33 Å². The van der Waals surface area contributed by atoms with Gasteiger partial charge in [0.1, 0.15) is 12.4 Å². The van der Waals surface area contributed by atoms with E-state index in [0.29, 0.717) is 32.8 Å². The number of imidazole rings is 1. The van der Waals surface area contributed by atoms with Crippen molar-refractivity contribution in [3.8, 4) is 0 Å². The number of halogens is 6. The molecule has 0 aromatic carbocycles. The zero-order valence-corrected chi connectivity index (χ0v) is 12.5. The zero-order valence-electron chi connectivity index (χ0n) is 11.6. The van der Waals surface area contributed by atoms with Gasteiger partial charge in [-0.05, 0) is 0 Å². The Morgan fingerprint density at radius 1 is 1.18 bits per heavy atom. The van der Waals surface area contributed by atoms with E-state index in [0.717, 1.165) is 0 Å². The minimum absolute atomic E-state index is 0.162. The van der Waals surface area contributed by atoms with Crippen LogP contribution in [0.25, 0.3) is 0 Å². The number of aryl methyl sites for hydroxylation is 1. The molecule has 2 heterocycles. The molecule has 0 saturated carbocycles. The van der Waals surface area contributed by atoms with Crippen LogP contribution in [0.4, 0.5) is 25.2 Å². The number of aromatic nitrogens is 2. The summed E-state index contributed by atoms with van der Waals surface area (Å²) in [4.78, 5) is 13.7. The summed E-state index contributed by atoms with van der Waals surface area (Å²) < 4.78 is 68.2. The number of hydrogen-bond donors (Lipinski definition) is 0. The number of amides is 1. The molecule has 1 amide bonds. The van der Waals surface area contributed by atoms with Crippen molar-refractivity contribution in [1.29, 1.82) is 0 Å². The molecule has 1 saturated heterocycles. The Kier molecular flexibility index (Phi) is 4.84. The number of carbonyl (C=O) groups is 1. The summed E-state index contributed by atoms with van der Waals surface area (Å²) in [7, 11) is -8.72. The van der Waals surface area contributed by atoms with E-state index in [1.807, 2.05) is 39.8 Å². The van der Waals surface area contributed by atoms with Crippen LogP contribution in [0.2, 0.25) is 0 Å². The van der Waals surface area contributed by atoms with Gasteiger partial charge in [-0.15, -0.1) is 0 Å². The molecule has 0 unspecified atom stereocenters. The number of rotatable bonds is 2. The fraction of sp³-hybridized carbons (Fsp3) is 0.600. The van der Waals surface area contributed by atoms with E-state index >= 15 is 0 Å². The maximum absolute atomic E-state index is 11.8. The fourth-order valence-electron chi connectivity index (χ4n) is 1.66. The van der Waals surface area contributed by atoms with Crippen LogP contribution < -0.4 is 4.57 Å². The molecule has 5 nitrogen and oxygen atoms in total. The number of nitrogens with zero attached hydrogens (tertiary/aromatic N) is 3. The van der Waals surface area contributed by atoms with Crippen LogP contribution in [0.5, 0.6) is 0 Å². The van der Waals surface area contributed by atoms with Crippen molar-refractivity contribution in [3.05, 3.63) is 18.7 Å². The summed E-state index contributed by atoms with van der Waals surface area (Å²) in [5.41, 5.74) is 0. The SMILES string of the molecule is C[n+]1ccn(CC(=O)N2CCOCC2)c1.F[P-](F)(F)(F)(F)F. The minimum atomic E-state index is -10.7. The van der Waals surface area contributed by atoms with Gasteiger partial charge in [0.15, 0.2) is 6.54 Å². The molecule has 0 aliphatic carbocycles. The quantitative estimate of drug-likeness (QED) is 0.465. The molecule has 1 aliphatic heterocycles. The molecular weight excluding hydrogens is 339 g/mol. The first-order valence-electron chi connectivity index (χ1n) is 6.13. The van der Waals surface area contributed by atoms with Crippen molar-refractivity contribution in [2.24, 2.45) is 7.05 Å². The summed E-state index contributed by atoms with van der Waals surface area (Å²) >= 11 is 0. The molecule has 0 N–H and O–H groups in total. The van der Waals surface area contributed by atoms with Gasteiger partial charge >= 0.3 is 33.0 Å². The maximum atomic E-state index is 11.8. The molecule has 2 rings (SSSR count). The van der Waals surface area contributed by atoms with Crippen LogP contribution >= 0.6 is 7.81 Å². The van der Waals surface area contributed by atoms with E-state index in [9.17, 15) is 30.0 Å². The van der Waals surface area contributed by atoms with Crippen LogP contribution in [-0.4, -0.2) is 41.7 Å². The van der Waals surface area contributed by atoms with Crippen molar-refractivity contribution in [1.82, 2.24) is 9.47 Å². The van der Waals surface area contributed by atoms with E-state index in [-0.39, 0.29) is 5.91 Å². The second kappa shape index (κ2) is 5.69. The third-order valence-electron chi connectivity index (χ3n) is 2.51. The van der Waals surface area contributed by atoms with Gasteiger partial charge in [-0.1, -0.05) is 0 Å². The third-order valence-corrected chi connectivity index (χ3v) is 2.51. The van der Waals surface area contributed by atoms with Crippen LogP contribution in [-0.2, 0) is 23.1 Å². The summed E-state index contributed by atoms with van der Waals surface area (Å²) in [6.45, 7) is 3.16. The predicted octanol–water partition coefficient (Wildman–Crippen LogP) is 2.55. The van der Waals surface area contributed by atoms with Gasteiger partial charge in [0.05, 0.1) is 20.3 Å². The number of morpholine rings is 1. The van der Waals surface area contributed by atoms with E-state index in [4.69, 9.17) is 4.74 Å². The van der Waals surface area contributed by atoms with Gasteiger partial charge in [-0.3, -0.25) is 4.79 Å². The molecular formula is C10H16F6N3O2P. The second-order valence-corrected chi connectivity index (χ2v) is 6.62. The van der Waals surface area contributed by atoms with Gasteiger partial charge in [0.25, 0.3) is 5.91 Å². The summed E-state index contributed by atoms with van der Waals surface area (Å²) in [5.74, 6) is 0.162. The first kappa shape index (κ1) is 18.7. The molecule has 12 heteroatoms. The third kappa shape index (κ3) is 10.4. The van der Waals surface area contributed by atoms with Crippen molar-refractivity contribution in [2.75, 3.05) is 26.3 Å². The Morgan fingerprint density at radius 2 is 1.68 bits per heavy atom.